The van der Waals surface area contributed by atoms with Crippen molar-refractivity contribution in [3.8, 4) is 0 Å². The maximum Gasteiger partial charge on any atom is 0.0503 e. The zero-order valence-electron chi connectivity index (χ0n) is 10.2. The van der Waals surface area contributed by atoms with Crippen LogP contribution in [0.15, 0.2) is 12.1 Å². The minimum atomic E-state index is 0.603. The topological polar surface area (TPSA) is 27.8 Å². The van der Waals surface area contributed by atoms with Gasteiger partial charge in [0.15, 0.2) is 0 Å². The van der Waals surface area contributed by atoms with Gasteiger partial charge in [-0.2, -0.15) is 0 Å². The van der Waals surface area contributed by atoms with Crippen LogP contribution >= 0.6 is 11.6 Å². The van der Waals surface area contributed by atoms with Crippen LogP contribution in [-0.4, -0.2) is 18.1 Å². The van der Waals surface area contributed by atoms with Crippen LogP contribution in [0, 0.1) is 6.92 Å². The van der Waals surface area contributed by atoms with E-state index in [1.54, 1.807) is 0 Å². The number of aryl methyl sites for hydroxylation is 2. The van der Waals surface area contributed by atoms with E-state index in [2.05, 4.69) is 23.3 Å². The molecule has 2 N–H and O–H groups in total. The monoisotopic (exact) mass is 248 g/mol. The highest BCUT2D eigenvalue weighted by molar-refractivity contribution is 6.32. The third kappa shape index (κ3) is 1.67. The fourth-order valence-corrected chi connectivity index (χ4v) is 3.02. The first kappa shape index (κ1) is 11.1. The molecule has 0 aliphatic heterocycles. The summed E-state index contributed by atoms with van der Waals surface area (Å²) < 4.78 is 0. The van der Waals surface area contributed by atoms with Gasteiger partial charge < -0.3 is 10.3 Å². The summed E-state index contributed by atoms with van der Waals surface area (Å²) in [7, 11) is 2.04. The molecule has 0 fully saturated rings. The van der Waals surface area contributed by atoms with Crippen LogP contribution in [0.2, 0.25) is 5.02 Å². The number of hydrogen-bond acceptors (Lipinski definition) is 1. The van der Waals surface area contributed by atoms with Crippen molar-refractivity contribution in [1.82, 2.24) is 10.3 Å². The Balaban J connectivity index is 2.18. The van der Waals surface area contributed by atoms with Crippen LogP contribution in [0.4, 0.5) is 0 Å². The summed E-state index contributed by atoms with van der Waals surface area (Å²) in [4.78, 5) is 3.56. The van der Waals surface area contributed by atoms with Crippen LogP contribution in [-0.2, 0) is 12.8 Å². The molecule has 90 valence electrons. The van der Waals surface area contributed by atoms with Gasteiger partial charge in [0.25, 0.3) is 0 Å². The number of halogens is 1. The zero-order valence-corrected chi connectivity index (χ0v) is 11.0. The van der Waals surface area contributed by atoms with Crippen LogP contribution < -0.4 is 5.32 Å². The highest BCUT2D eigenvalue weighted by Gasteiger charge is 2.21. The number of aromatic nitrogens is 1. The molecular weight excluding hydrogens is 232 g/mol. The number of hydrogen-bond donors (Lipinski definition) is 2. The minimum Gasteiger partial charge on any atom is -0.358 e. The average molecular weight is 249 g/mol. The number of aromatic amines is 1. The molecule has 0 saturated heterocycles. The van der Waals surface area contributed by atoms with Gasteiger partial charge in [-0.05, 0) is 44.0 Å². The van der Waals surface area contributed by atoms with Gasteiger partial charge in [0.2, 0.25) is 0 Å². The molecule has 17 heavy (non-hydrogen) atoms. The number of rotatable bonds is 1. The summed E-state index contributed by atoms with van der Waals surface area (Å²) >= 11 is 6.17. The van der Waals surface area contributed by atoms with Gasteiger partial charge in [-0.1, -0.05) is 17.7 Å². The number of nitrogens with one attached hydrogen (secondary N) is 2. The molecule has 1 atom stereocenters. The summed E-state index contributed by atoms with van der Waals surface area (Å²) in [6, 6.07) is 4.77. The zero-order chi connectivity index (χ0) is 12.0. The second kappa shape index (κ2) is 4.04. The first-order valence-corrected chi connectivity index (χ1v) is 6.54. The van der Waals surface area contributed by atoms with Gasteiger partial charge in [0.1, 0.15) is 0 Å². The molecule has 3 heteroatoms. The maximum atomic E-state index is 6.17. The average Bonchev–Trinajstić information content (AvgIpc) is 2.72. The summed E-state index contributed by atoms with van der Waals surface area (Å²) in [6.07, 6.45) is 3.47. The number of H-pyrrole nitrogens is 1. The Bertz CT molecular complexity index is 571. The molecule has 1 heterocycles. The molecule has 0 bridgehead atoms. The Hall–Kier alpha value is -0.990. The fourth-order valence-electron chi connectivity index (χ4n) is 2.86. The molecule has 1 unspecified atom stereocenters. The molecular formula is C14H17ClN2. The van der Waals surface area contributed by atoms with Crippen molar-refractivity contribution in [2.45, 2.75) is 32.2 Å². The predicted molar refractivity (Wildman–Crippen MR) is 72.9 cm³/mol. The number of fused-ring (bicyclic) bond motifs is 3. The van der Waals surface area contributed by atoms with Crippen LogP contribution in [0.3, 0.4) is 0 Å². The molecule has 0 radical (unpaired) electrons. The van der Waals surface area contributed by atoms with Gasteiger partial charge in [0.05, 0.1) is 5.52 Å². The van der Waals surface area contributed by atoms with Crippen molar-refractivity contribution >= 4 is 22.5 Å². The fraction of sp³-hybridized carbons (Fsp3) is 0.429. The van der Waals surface area contributed by atoms with E-state index in [0.717, 1.165) is 17.9 Å². The molecule has 2 nitrogen and oxygen atoms in total. The van der Waals surface area contributed by atoms with E-state index in [1.807, 2.05) is 13.1 Å². The Kier molecular flexibility index (Phi) is 2.64. The van der Waals surface area contributed by atoms with E-state index in [9.17, 15) is 0 Å². The Morgan fingerprint density at radius 2 is 2.24 bits per heavy atom. The normalized spacial score (nSPS) is 19.6. The van der Waals surface area contributed by atoms with Crippen LogP contribution in [0.1, 0.15) is 23.2 Å². The molecule has 0 spiro atoms. The van der Waals surface area contributed by atoms with Crippen LogP contribution in [0.25, 0.3) is 10.9 Å². The third-order valence-electron chi connectivity index (χ3n) is 3.97. The highest BCUT2D eigenvalue weighted by Crippen LogP contribution is 2.33. The van der Waals surface area contributed by atoms with Gasteiger partial charge >= 0.3 is 0 Å². The highest BCUT2D eigenvalue weighted by atomic mass is 35.5. The van der Waals surface area contributed by atoms with Gasteiger partial charge in [-0.3, -0.25) is 0 Å². The first-order chi connectivity index (χ1) is 8.20. The predicted octanol–water partition coefficient (Wildman–Crippen LogP) is 3.21. The third-order valence-corrected chi connectivity index (χ3v) is 4.38. The van der Waals surface area contributed by atoms with Gasteiger partial charge in [0, 0.05) is 28.6 Å². The van der Waals surface area contributed by atoms with Crippen LogP contribution in [0.5, 0.6) is 0 Å². The largest absolute Gasteiger partial charge is 0.358 e. The summed E-state index contributed by atoms with van der Waals surface area (Å²) in [5, 5.41) is 5.58. The maximum absolute atomic E-state index is 6.17. The Morgan fingerprint density at radius 3 is 3.00 bits per heavy atom. The van der Waals surface area contributed by atoms with E-state index >= 15 is 0 Å². The number of benzene rings is 1. The van der Waals surface area contributed by atoms with E-state index in [-0.39, 0.29) is 0 Å². The summed E-state index contributed by atoms with van der Waals surface area (Å²) in [6.45, 7) is 2.09. The second-order valence-electron chi connectivity index (χ2n) is 4.91. The van der Waals surface area contributed by atoms with Crippen molar-refractivity contribution < 1.29 is 0 Å². The lowest BCUT2D eigenvalue weighted by molar-refractivity contribution is 0.493. The SMILES string of the molecule is CNC1CCc2c([nH]c3c(C)c(Cl)ccc23)C1. The smallest absolute Gasteiger partial charge is 0.0503 e. The standard InChI is InChI=1S/C14H17ClN2/c1-8-12(15)6-5-11-10-4-3-9(16-2)7-13(10)17-14(8)11/h5-6,9,16-17H,3-4,7H2,1-2H3. The molecule has 1 aromatic carbocycles. The second-order valence-corrected chi connectivity index (χ2v) is 5.31. The Morgan fingerprint density at radius 1 is 1.41 bits per heavy atom. The van der Waals surface area contributed by atoms with E-state index in [1.165, 1.54) is 34.1 Å². The molecule has 2 aromatic rings. The quantitative estimate of drug-likeness (QED) is 0.797. The van der Waals surface area contributed by atoms with Crippen molar-refractivity contribution in [2.24, 2.45) is 0 Å². The van der Waals surface area contributed by atoms with Crippen molar-refractivity contribution in [3.63, 3.8) is 0 Å². The van der Waals surface area contributed by atoms with Gasteiger partial charge in [-0.15, -0.1) is 0 Å². The minimum absolute atomic E-state index is 0.603. The first-order valence-electron chi connectivity index (χ1n) is 6.16. The summed E-state index contributed by atoms with van der Waals surface area (Å²) in [5.41, 5.74) is 5.26. The molecule has 3 rings (SSSR count). The molecule has 0 amide bonds. The van der Waals surface area contributed by atoms with Gasteiger partial charge in [-0.25, -0.2) is 0 Å². The van der Waals surface area contributed by atoms with Crippen molar-refractivity contribution in [2.75, 3.05) is 7.05 Å². The van der Waals surface area contributed by atoms with E-state index in [0.29, 0.717) is 6.04 Å². The van der Waals surface area contributed by atoms with E-state index < -0.39 is 0 Å². The van der Waals surface area contributed by atoms with Crippen molar-refractivity contribution in [1.29, 1.82) is 0 Å². The lowest BCUT2D eigenvalue weighted by Gasteiger charge is -2.21. The molecule has 1 aromatic heterocycles. The lowest BCUT2D eigenvalue weighted by atomic mass is 9.92. The lowest BCUT2D eigenvalue weighted by Crippen LogP contribution is -2.31. The molecule has 1 aliphatic rings. The Labute approximate surface area is 106 Å². The summed E-state index contributed by atoms with van der Waals surface area (Å²) in [5.74, 6) is 0. The van der Waals surface area contributed by atoms with E-state index in [4.69, 9.17) is 11.6 Å². The number of likely N-dealkylation sites (N-methyl/N-ethyl adjacent to an activating group) is 1. The van der Waals surface area contributed by atoms with Crippen molar-refractivity contribution in [3.05, 3.63) is 34.0 Å². The molecule has 1 aliphatic carbocycles. The molecule has 0 saturated carbocycles.